The zero-order valence-electron chi connectivity index (χ0n) is 16.9. The lowest BCUT2D eigenvalue weighted by molar-refractivity contribution is -0.111. The molecule has 1 aliphatic rings. The van der Waals surface area contributed by atoms with Crippen molar-refractivity contribution in [1.29, 1.82) is 0 Å². The minimum atomic E-state index is -3.80. The summed E-state index contributed by atoms with van der Waals surface area (Å²) in [6.07, 6.45) is 4.35. The molecule has 32 heavy (non-hydrogen) atoms. The topological polar surface area (TPSA) is 106 Å². The van der Waals surface area contributed by atoms with Crippen LogP contribution in [0.1, 0.15) is 5.69 Å². The second kappa shape index (κ2) is 9.61. The van der Waals surface area contributed by atoms with Gasteiger partial charge in [-0.1, -0.05) is 29.8 Å². The number of halogens is 1. The highest BCUT2D eigenvalue weighted by Gasteiger charge is 2.28. The number of amides is 1. The molecule has 1 saturated heterocycles. The molecule has 4 rings (SSSR count). The number of hydrogen-bond acceptors (Lipinski definition) is 6. The van der Waals surface area contributed by atoms with Crippen molar-refractivity contribution < 1.29 is 17.9 Å². The van der Waals surface area contributed by atoms with Gasteiger partial charge in [0.15, 0.2) is 0 Å². The molecular formula is C21H20ClN5O4S. The summed E-state index contributed by atoms with van der Waals surface area (Å²) in [7, 11) is -3.80. The molecule has 2 heterocycles. The molecule has 1 fully saturated rings. The molecule has 0 atom stereocenters. The molecule has 166 valence electrons. The minimum Gasteiger partial charge on any atom is -0.379 e. The van der Waals surface area contributed by atoms with E-state index in [2.05, 4.69) is 15.5 Å². The predicted octanol–water partition coefficient (Wildman–Crippen LogP) is 2.59. The van der Waals surface area contributed by atoms with Crippen LogP contribution in [0.15, 0.2) is 65.7 Å². The van der Waals surface area contributed by atoms with Gasteiger partial charge in [0.1, 0.15) is 10.6 Å². The Bertz CT molecular complexity index is 1240. The lowest BCUT2D eigenvalue weighted by atomic mass is 10.3. The van der Waals surface area contributed by atoms with Crippen LogP contribution >= 0.6 is 11.6 Å². The van der Waals surface area contributed by atoms with Gasteiger partial charge in [-0.15, -0.1) is 5.10 Å². The number of benzene rings is 2. The van der Waals surface area contributed by atoms with E-state index in [4.69, 9.17) is 16.3 Å². The van der Waals surface area contributed by atoms with Gasteiger partial charge >= 0.3 is 0 Å². The number of rotatable bonds is 6. The van der Waals surface area contributed by atoms with E-state index in [9.17, 15) is 13.2 Å². The Balaban J connectivity index is 1.46. The van der Waals surface area contributed by atoms with E-state index in [0.29, 0.717) is 24.6 Å². The first-order valence-electron chi connectivity index (χ1n) is 9.78. The van der Waals surface area contributed by atoms with Crippen molar-refractivity contribution in [2.45, 2.75) is 4.90 Å². The van der Waals surface area contributed by atoms with Crippen LogP contribution in [0.4, 0.5) is 5.69 Å². The van der Waals surface area contributed by atoms with Gasteiger partial charge < -0.3 is 10.1 Å². The van der Waals surface area contributed by atoms with Crippen LogP contribution in [0.3, 0.4) is 0 Å². The van der Waals surface area contributed by atoms with E-state index in [0.717, 1.165) is 5.69 Å². The van der Waals surface area contributed by atoms with Crippen LogP contribution in [0.5, 0.6) is 0 Å². The number of sulfonamides is 1. The molecule has 9 nitrogen and oxygen atoms in total. The Hall–Kier alpha value is -3.05. The quantitative estimate of drug-likeness (QED) is 0.551. The number of anilines is 1. The van der Waals surface area contributed by atoms with Crippen molar-refractivity contribution in [3.05, 3.63) is 71.5 Å². The van der Waals surface area contributed by atoms with Crippen molar-refractivity contribution in [2.24, 2.45) is 0 Å². The number of aromatic nitrogens is 3. The van der Waals surface area contributed by atoms with E-state index in [1.54, 1.807) is 0 Å². The Morgan fingerprint density at radius 1 is 1.12 bits per heavy atom. The first-order valence-corrected chi connectivity index (χ1v) is 11.6. The summed E-state index contributed by atoms with van der Waals surface area (Å²) in [5.41, 5.74) is 1.60. The second-order valence-electron chi connectivity index (χ2n) is 6.88. The molecule has 0 aliphatic carbocycles. The van der Waals surface area contributed by atoms with Gasteiger partial charge in [-0.25, -0.2) is 8.42 Å². The molecule has 11 heteroatoms. The smallest absolute Gasteiger partial charge is 0.248 e. The predicted molar refractivity (Wildman–Crippen MR) is 120 cm³/mol. The fourth-order valence-electron chi connectivity index (χ4n) is 3.09. The molecule has 3 aromatic rings. The standard InChI is InChI=1S/C21H20ClN5O4S/c22-19-8-6-16(14-20(19)32(29,30)26-10-12-31-13-11-26)24-21(28)9-7-17-15-23-27(25-17)18-4-2-1-3-5-18/h1-9,14-15H,10-13H2,(H,24,28)/b9-7+. The summed E-state index contributed by atoms with van der Waals surface area (Å²) in [6, 6.07) is 13.7. The van der Waals surface area contributed by atoms with Crippen LogP contribution < -0.4 is 5.32 Å². The summed E-state index contributed by atoms with van der Waals surface area (Å²) in [4.78, 5) is 13.7. The zero-order chi connectivity index (χ0) is 22.6. The molecule has 0 bridgehead atoms. The second-order valence-corrected chi connectivity index (χ2v) is 9.19. The third kappa shape index (κ3) is 5.05. The number of ether oxygens (including phenoxy) is 1. The largest absolute Gasteiger partial charge is 0.379 e. The Kier molecular flexibility index (Phi) is 6.66. The summed E-state index contributed by atoms with van der Waals surface area (Å²) in [6.45, 7) is 1.16. The van der Waals surface area contributed by atoms with Gasteiger partial charge in [-0.2, -0.15) is 14.2 Å². The van der Waals surface area contributed by atoms with E-state index >= 15 is 0 Å². The van der Waals surface area contributed by atoms with Crippen LogP contribution in [0, 0.1) is 0 Å². The monoisotopic (exact) mass is 473 g/mol. The molecule has 1 amide bonds. The lowest BCUT2D eigenvalue weighted by Gasteiger charge is -2.26. The molecule has 2 aromatic carbocycles. The number of carbonyl (C=O) groups excluding carboxylic acids is 1. The maximum absolute atomic E-state index is 12.9. The van der Waals surface area contributed by atoms with Gasteiger partial charge in [-0.05, 0) is 36.4 Å². The van der Waals surface area contributed by atoms with E-state index in [1.165, 1.54) is 45.6 Å². The molecule has 1 aliphatic heterocycles. The number of morpholine rings is 1. The van der Waals surface area contributed by atoms with Crippen molar-refractivity contribution >= 4 is 39.3 Å². The van der Waals surface area contributed by atoms with Crippen LogP contribution in [-0.4, -0.2) is 59.9 Å². The number of hydrogen-bond donors (Lipinski definition) is 1. The maximum atomic E-state index is 12.9. The average molecular weight is 474 g/mol. The highest BCUT2D eigenvalue weighted by molar-refractivity contribution is 7.89. The molecule has 0 unspecified atom stereocenters. The summed E-state index contributed by atoms with van der Waals surface area (Å²) < 4.78 is 32.4. The molecule has 1 N–H and O–H groups in total. The fraction of sp³-hybridized carbons (Fsp3) is 0.190. The Labute approximate surface area is 190 Å². The Morgan fingerprint density at radius 3 is 2.62 bits per heavy atom. The lowest BCUT2D eigenvalue weighted by Crippen LogP contribution is -2.40. The molecule has 0 spiro atoms. The third-order valence-electron chi connectivity index (χ3n) is 4.69. The van der Waals surface area contributed by atoms with Crippen molar-refractivity contribution in [2.75, 3.05) is 31.6 Å². The Morgan fingerprint density at radius 2 is 1.88 bits per heavy atom. The van der Waals surface area contributed by atoms with Crippen LogP contribution in [0.25, 0.3) is 11.8 Å². The number of nitrogens with zero attached hydrogens (tertiary/aromatic N) is 4. The van der Waals surface area contributed by atoms with Gasteiger partial charge in [0.25, 0.3) is 0 Å². The summed E-state index contributed by atoms with van der Waals surface area (Å²) >= 11 is 6.15. The van der Waals surface area contributed by atoms with E-state index in [-0.39, 0.29) is 23.0 Å². The van der Waals surface area contributed by atoms with Gasteiger partial charge in [0.2, 0.25) is 15.9 Å². The summed E-state index contributed by atoms with van der Waals surface area (Å²) in [5.74, 6) is -0.448. The van der Waals surface area contributed by atoms with E-state index < -0.39 is 15.9 Å². The van der Waals surface area contributed by atoms with Crippen molar-refractivity contribution in [3.63, 3.8) is 0 Å². The van der Waals surface area contributed by atoms with E-state index in [1.807, 2.05) is 30.3 Å². The maximum Gasteiger partial charge on any atom is 0.248 e. The van der Waals surface area contributed by atoms with Gasteiger partial charge in [0.05, 0.1) is 30.1 Å². The fourth-order valence-corrected chi connectivity index (χ4v) is 5.00. The van der Waals surface area contributed by atoms with Gasteiger partial charge in [0, 0.05) is 24.9 Å². The molecule has 0 saturated carbocycles. The highest BCUT2D eigenvalue weighted by atomic mass is 35.5. The number of carbonyl (C=O) groups is 1. The van der Waals surface area contributed by atoms with Crippen LogP contribution in [0.2, 0.25) is 5.02 Å². The van der Waals surface area contributed by atoms with Crippen molar-refractivity contribution in [3.8, 4) is 5.69 Å². The zero-order valence-corrected chi connectivity index (χ0v) is 18.5. The van der Waals surface area contributed by atoms with Gasteiger partial charge in [-0.3, -0.25) is 4.79 Å². The summed E-state index contributed by atoms with van der Waals surface area (Å²) in [5, 5.41) is 11.2. The first kappa shape index (κ1) is 22.2. The first-order chi connectivity index (χ1) is 15.4. The SMILES string of the molecule is O=C(/C=C/c1cnn(-c2ccccc2)n1)Nc1ccc(Cl)c(S(=O)(=O)N2CCOCC2)c1. The highest BCUT2D eigenvalue weighted by Crippen LogP contribution is 2.28. The number of nitrogens with one attached hydrogen (secondary N) is 1. The minimum absolute atomic E-state index is 0.0614. The molecule has 0 radical (unpaired) electrons. The normalized spacial score (nSPS) is 15.2. The molecule has 1 aromatic heterocycles. The van der Waals surface area contributed by atoms with Crippen LogP contribution in [-0.2, 0) is 19.6 Å². The molecular weight excluding hydrogens is 454 g/mol. The number of para-hydroxylation sites is 1. The van der Waals surface area contributed by atoms with Crippen molar-refractivity contribution in [1.82, 2.24) is 19.3 Å². The average Bonchev–Trinajstić information content (AvgIpc) is 3.29. The third-order valence-corrected chi connectivity index (χ3v) is 7.07.